The third-order valence-electron chi connectivity index (χ3n) is 3.64. The van der Waals surface area contributed by atoms with Crippen molar-refractivity contribution < 1.29 is 0 Å². The van der Waals surface area contributed by atoms with Crippen LogP contribution >= 0.6 is 0 Å². The molecule has 0 saturated carbocycles. The molecule has 18 heavy (non-hydrogen) atoms. The molecule has 0 atom stereocenters. The van der Waals surface area contributed by atoms with Crippen molar-refractivity contribution in [3.63, 3.8) is 0 Å². The first-order chi connectivity index (χ1) is 8.78. The van der Waals surface area contributed by atoms with E-state index in [-0.39, 0.29) is 0 Å². The smallest absolute Gasteiger partial charge is 0.235 e. The molecule has 2 aromatic heterocycles. The van der Waals surface area contributed by atoms with Crippen LogP contribution < -0.4 is 4.90 Å². The van der Waals surface area contributed by atoms with E-state index in [0.29, 0.717) is 0 Å². The summed E-state index contributed by atoms with van der Waals surface area (Å²) in [7, 11) is 0. The molecule has 1 saturated heterocycles. The first kappa shape index (κ1) is 11.5. The zero-order valence-corrected chi connectivity index (χ0v) is 11.0. The van der Waals surface area contributed by atoms with Crippen LogP contribution in [0.25, 0.3) is 5.78 Å². The molecule has 96 valence electrons. The van der Waals surface area contributed by atoms with Gasteiger partial charge in [-0.2, -0.15) is 0 Å². The Morgan fingerprint density at radius 1 is 1.22 bits per heavy atom. The summed E-state index contributed by atoms with van der Waals surface area (Å²) < 4.78 is 2.08. The van der Waals surface area contributed by atoms with Crippen molar-refractivity contribution in [1.82, 2.24) is 19.3 Å². The minimum Gasteiger partial charge on any atom is -0.354 e. The summed E-state index contributed by atoms with van der Waals surface area (Å²) in [5.74, 6) is 1.95. The number of hydrogen-bond acceptors (Lipinski definition) is 4. The van der Waals surface area contributed by atoms with E-state index in [1.165, 1.54) is 0 Å². The molecule has 0 unspecified atom stereocenters. The standard InChI is InChI=1S/C13H19N5/c1-3-16-6-8-17(9-7-16)12-10-14-13-15-11(2)4-5-18(12)13/h4-5,10H,3,6-9H2,1-2H3. The molecule has 0 aromatic carbocycles. The summed E-state index contributed by atoms with van der Waals surface area (Å²) in [5, 5.41) is 0. The van der Waals surface area contributed by atoms with E-state index in [1.807, 2.05) is 19.2 Å². The lowest BCUT2D eigenvalue weighted by Crippen LogP contribution is -2.46. The Balaban J connectivity index is 1.87. The van der Waals surface area contributed by atoms with Crippen molar-refractivity contribution in [2.75, 3.05) is 37.6 Å². The van der Waals surface area contributed by atoms with E-state index in [0.717, 1.165) is 50.0 Å². The molecule has 5 nitrogen and oxygen atoms in total. The van der Waals surface area contributed by atoms with Gasteiger partial charge in [-0.3, -0.25) is 4.40 Å². The minimum absolute atomic E-state index is 0.794. The summed E-state index contributed by atoms with van der Waals surface area (Å²) in [5.41, 5.74) is 1.01. The average molecular weight is 245 g/mol. The molecular weight excluding hydrogens is 226 g/mol. The maximum Gasteiger partial charge on any atom is 0.235 e. The van der Waals surface area contributed by atoms with Gasteiger partial charge in [-0.25, -0.2) is 9.97 Å². The molecule has 0 amide bonds. The van der Waals surface area contributed by atoms with Gasteiger partial charge in [0, 0.05) is 38.1 Å². The highest BCUT2D eigenvalue weighted by atomic mass is 15.3. The Hall–Kier alpha value is -1.62. The van der Waals surface area contributed by atoms with Gasteiger partial charge in [0.05, 0.1) is 6.20 Å². The van der Waals surface area contributed by atoms with E-state index in [1.54, 1.807) is 0 Å². The fraction of sp³-hybridized carbons (Fsp3) is 0.538. The number of aryl methyl sites for hydroxylation is 1. The Morgan fingerprint density at radius 2 is 2.00 bits per heavy atom. The summed E-state index contributed by atoms with van der Waals surface area (Å²) in [4.78, 5) is 13.7. The number of rotatable bonds is 2. The summed E-state index contributed by atoms with van der Waals surface area (Å²) in [6.45, 7) is 9.74. The number of hydrogen-bond donors (Lipinski definition) is 0. The van der Waals surface area contributed by atoms with Gasteiger partial charge in [-0.15, -0.1) is 0 Å². The van der Waals surface area contributed by atoms with Crippen molar-refractivity contribution in [1.29, 1.82) is 0 Å². The predicted molar refractivity (Wildman–Crippen MR) is 72.1 cm³/mol. The number of piperazine rings is 1. The lowest BCUT2D eigenvalue weighted by Gasteiger charge is -2.34. The zero-order chi connectivity index (χ0) is 12.5. The molecule has 2 aromatic rings. The Labute approximate surface area is 107 Å². The first-order valence-corrected chi connectivity index (χ1v) is 6.56. The second kappa shape index (κ2) is 4.57. The maximum atomic E-state index is 4.44. The lowest BCUT2D eigenvalue weighted by atomic mass is 10.3. The van der Waals surface area contributed by atoms with Crippen molar-refractivity contribution >= 4 is 11.6 Å². The molecule has 1 aliphatic heterocycles. The molecule has 1 aliphatic rings. The normalized spacial score (nSPS) is 17.6. The quantitative estimate of drug-likeness (QED) is 0.796. The molecule has 3 rings (SSSR count). The van der Waals surface area contributed by atoms with Crippen LogP contribution in [0.2, 0.25) is 0 Å². The van der Waals surface area contributed by atoms with Crippen molar-refractivity contribution in [3.05, 3.63) is 24.2 Å². The molecule has 0 N–H and O–H groups in total. The molecule has 0 spiro atoms. The van der Waals surface area contributed by atoms with Crippen LogP contribution in [0.1, 0.15) is 12.6 Å². The predicted octanol–water partition coefficient (Wildman–Crippen LogP) is 1.18. The van der Waals surface area contributed by atoms with Gasteiger partial charge in [0.1, 0.15) is 5.82 Å². The van der Waals surface area contributed by atoms with E-state index in [4.69, 9.17) is 0 Å². The Morgan fingerprint density at radius 3 is 2.72 bits per heavy atom. The Kier molecular flexibility index (Phi) is 2.91. The van der Waals surface area contributed by atoms with Crippen LogP contribution in [-0.4, -0.2) is 52.0 Å². The summed E-state index contributed by atoms with van der Waals surface area (Å²) in [6.07, 6.45) is 4.00. The van der Waals surface area contributed by atoms with E-state index < -0.39 is 0 Å². The van der Waals surface area contributed by atoms with Crippen molar-refractivity contribution in [3.8, 4) is 0 Å². The number of fused-ring (bicyclic) bond motifs is 1. The van der Waals surface area contributed by atoms with Gasteiger partial charge in [0.25, 0.3) is 0 Å². The lowest BCUT2D eigenvalue weighted by molar-refractivity contribution is 0.270. The average Bonchev–Trinajstić information content (AvgIpc) is 2.81. The van der Waals surface area contributed by atoms with Crippen molar-refractivity contribution in [2.24, 2.45) is 0 Å². The van der Waals surface area contributed by atoms with Crippen LogP contribution in [0.4, 0.5) is 5.82 Å². The third-order valence-corrected chi connectivity index (χ3v) is 3.64. The minimum atomic E-state index is 0.794. The number of anilines is 1. The zero-order valence-electron chi connectivity index (χ0n) is 11.0. The molecule has 3 heterocycles. The van der Waals surface area contributed by atoms with Crippen LogP contribution in [0.15, 0.2) is 18.5 Å². The van der Waals surface area contributed by atoms with Crippen LogP contribution in [0.5, 0.6) is 0 Å². The second-order valence-electron chi connectivity index (χ2n) is 4.78. The van der Waals surface area contributed by atoms with Gasteiger partial charge in [0.15, 0.2) is 0 Å². The largest absolute Gasteiger partial charge is 0.354 e. The topological polar surface area (TPSA) is 36.7 Å². The first-order valence-electron chi connectivity index (χ1n) is 6.56. The molecule has 0 bridgehead atoms. The summed E-state index contributed by atoms with van der Waals surface area (Å²) >= 11 is 0. The molecule has 0 radical (unpaired) electrons. The molecular formula is C13H19N5. The molecule has 1 fully saturated rings. The number of nitrogens with zero attached hydrogens (tertiary/aromatic N) is 5. The number of aromatic nitrogens is 3. The van der Waals surface area contributed by atoms with E-state index >= 15 is 0 Å². The van der Waals surface area contributed by atoms with E-state index in [2.05, 4.69) is 37.3 Å². The fourth-order valence-electron chi connectivity index (χ4n) is 2.47. The third kappa shape index (κ3) is 1.95. The highest BCUT2D eigenvalue weighted by molar-refractivity contribution is 5.48. The van der Waals surface area contributed by atoms with Gasteiger partial charge in [0.2, 0.25) is 5.78 Å². The monoisotopic (exact) mass is 245 g/mol. The van der Waals surface area contributed by atoms with Crippen LogP contribution in [0.3, 0.4) is 0 Å². The number of likely N-dealkylation sites (N-methyl/N-ethyl adjacent to an activating group) is 1. The number of imidazole rings is 1. The fourth-order valence-corrected chi connectivity index (χ4v) is 2.47. The second-order valence-corrected chi connectivity index (χ2v) is 4.78. The van der Waals surface area contributed by atoms with Gasteiger partial charge >= 0.3 is 0 Å². The van der Waals surface area contributed by atoms with Gasteiger partial charge in [-0.1, -0.05) is 6.92 Å². The highest BCUT2D eigenvalue weighted by Crippen LogP contribution is 2.17. The highest BCUT2D eigenvalue weighted by Gasteiger charge is 2.18. The van der Waals surface area contributed by atoms with Gasteiger partial charge in [-0.05, 0) is 19.5 Å². The van der Waals surface area contributed by atoms with Gasteiger partial charge < -0.3 is 9.80 Å². The molecule has 0 aliphatic carbocycles. The van der Waals surface area contributed by atoms with Crippen LogP contribution in [0, 0.1) is 6.92 Å². The summed E-state index contributed by atoms with van der Waals surface area (Å²) in [6, 6.07) is 2.03. The molecule has 5 heteroatoms. The van der Waals surface area contributed by atoms with E-state index in [9.17, 15) is 0 Å². The SMILES string of the molecule is CCN1CCN(c2cnc3nc(C)ccn23)CC1. The Bertz CT molecular complexity index is 539. The van der Waals surface area contributed by atoms with Crippen molar-refractivity contribution in [2.45, 2.75) is 13.8 Å². The van der Waals surface area contributed by atoms with Crippen LogP contribution in [-0.2, 0) is 0 Å². The maximum absolute atomic E-state index is 4.44.